The van der Waals surface area contributed by atoms with E-state index < -0.39 is 10.0 Å². The van der Waals surface area contributed by atoms with Crippen LogP contribution in [-0.2, 0) is 14.8 Å². The Morgan fingerprint density at radius 3 is 2.50 bits per heavy atom. The topological polar surface area (TPSA) is 84.9 Å². The van der Waals surface area contributed by atoms with Crippen molar-refractivity contribution >= 4 is 33.4 Å². The molecule has 2 aliphatic rings. The molecule has 9 heteroatoms. The minimum Gasteiger partial charge on any atom is -0.486 e. The molecule has 0 radical (unpaired) electrons. The molecule has 0 aliphatic carbocycles. The van der Waals surface area contributed by atoms with Crippen LogP contribution in [0.1, 0.15) is 12.8 Å². The SMILES string of the molecule is CSc1ccccc1S(=O)(=O)N1CCC(C(=O)Nc2ccc3c(c2)OCCO3)CC1. The summed E-state index contributed by atoms with van der Waals surface area (Å²) in [6, 6.07) is 12.3. The van der Waals surface area contributed by atoms with Crippen molar-refractivity contribution in [3.05, 3.63) is 42.5 Å². The van der Waals surface area contributed by atoms with Crippen molar-refractivity contribution < 1.29 is 22.7 Å². The van der Waals surface area contributed by atoms with E-state index in [4.69, 9.17) is 9.47 Å². The summed E-state index contributed by atoms with van der Waals surface area (Å²) in [7, 11) is -3.57. The fourth-order valence-corrected chi connectivity index (χ4v) is 6.29. The number of nitrogens with zero attached hydrogens (tertiary/aromatic N) is 1. The molecule has 2 heterocycles. The van der Waals surface area contributed by atoms with Gasteiger partial charge in [0.25, 0.3) is 0 Å². The fourth-order valence-electron chi connectivity index (χ4n) is 3.69. The lowest BCUT2D eigenvalue weighted by atomic mass is 9.97. The normalized spacial score (nSPS) is 17.5. The first-order valence-corrected chi connectivity index (χ1v) is 12.5. The molecular formula is C21H24N2O5S2. The van der Waals surface area contributed by atoms with Crippen molar-refractivity contribution in [3.8, 4) is 11.5 Å². The molecule has 4 rings (SSSR count). The first-order valence-electron chi connectivity index (χ1n) is 9.83. The van der Waals surface area contributed by atoms with E-state index in [0.29, 0.717) is 61.2 Å². The predicted molar refractivity (Wildman–Crippen MR) is 116 cm³/mol. The van der Waals surface area contributed by atoms with Crippen LogP contribution in [0.15, 0.2) is 52.3 Å². The zero-order valence-electron chi connectivity index (χ0n) is 16.7. The standard InChI is InChI=1S/C21H24N2O5S2/c1-29-19-4-2-3-5-20(19)30(25,26)23-10-8-15(9-11-23)21(24)22-16-6-7-17-18(14-16)28-13-12-27-17/h2-7,14-15H,8-13H2,1H3,(H,22,24). The highest BCUT2D eigenvalue weighted by Gasteiger charge is 2.33. The van der Waals surface area contributed by atoms with Gasteiger partial charge in [0.2, 0.25) is 15.9 Å². The minimum atomic E-state index is -3.57. The Labute approximate surface area is 180 Å². The van der Waals surface area contributed by atoms with Crippen LogP contribution in [0.4, 0.5) is 5.69 Å². The van der Waals surface area contributed by atoms with Crippen molar-refractivity contribution in [2.45, 2.75) is 22.6 Å². The smallest absolute Gasteiger partial charge is 0.244 e. The van der Waals surface area contributed by atoms with Gasteiger partial charge in [0.1, 0.15) is 13.2 Å². The van der Waals surface area contributed by atoms with E-state index in [1.807, 2.05) is 18.4 Å². The Kier molecular flexibility index (Phi) is 6.21. The monoisotopic (exact) mass is 448 g/mol. The highest BCUT2D eigenvalue weighted by molar-refractivity contribution is 7.99. The maximum absolute atomic E-state index is 13.1. The summed E-state index contributed by atoms with van der Waals surface area (Å²) < 4.78 is 38.6. The van der Waals surface area contributed by atoms with Crippen LogP contribution in [0, 0.1) is 5.92 Å². The quantitative estimate of drug-likeness (QED) is 0.707. The molecule has 1 N–H and O–H groups in total. The number of amides is 1. The number of piperidine rings is 1. The molecule has 0 atom stereocenters. The van der Waals surface area contributed by atoms with E-state index in [-0.39, 0.29) is 11.8 Å². The van der Waals surface area contributed by atoms with E-state index in [9.17, 15) is 13.2 Å². The van der Waals surface area contributed by atoms with Crippen LogP contribution in [-0.4, -0.2) is 51.2 Å². The van der Waals surface area contributed by atoms with Crippen molar-refractivity contribution in [1.29, 1.82) is 0 Å². The molecular weight excluding hydrogens is 424 g/mol. The number of carbonyl (C=O) groups excluding carboxylic acids is 1. The molecule has 1 fully saturated rings. The number of ether oxygens (including phenoxy) is 2. The van der Waals surface area contributed by atoms with Gasteiger partial charge in [-0.05, 0) is 43.4 Å². The number of hydrogen-bond acceptors (Lipinski definition) is 6. The third-order valence-electron chi connectivity index (χ3n) is 5.32. The van der Waals surface area contributed by atoms with Crippen LogP contribution in [0.25, 0.3) is 0 Å². The molecule has 0 bridgehead atoms. The van der Waals surface area contributed by atoms with Gasteiger partial charge in [-0.15, -0.1) is 11.8 Å². The molecule has 1 amide bonds. The number of carbonyl (C=O) groups is 1. The van der Waals surface area contributed by atoms with Gasteiger partial charge in [0.15, 0.2) is 11.5 Å². The number of hydrogen-bond donors (Lipinski definition) is 1. The van der Waals surface area contributed by atoms with E-state index in [1.165, 1.54) is 16.1 Å². The van der Waals surface area contributed by atoms with Gasteiger partial charge in [-0.25, -0.2) is 8.42 Å². The Morgan fingerprint density at radius 2 is 1.77 bits per heavy atom. The molecule has 160 valence electrons. The average molecular weight is 449 g/mol. The lowest BCUT2D eigenvalue weighted by Crippen LogP contribution is -2.41. The highest BCUT2D eigenvalue weighted by Crippen LogP contribution is 2.33. The summed E-state index contributed by atoms with van der Waals surface area (Å²) in [5, 5.41) is 2.92. The maximum Gasteiger partial charge on any atom is 0.244 e. The molecule has 0 unspecified atom stereocenters. The van der Waals surface area contributed by atoms with Gasteiger partial charge in [-0.2, -0.15) is 4.31 Å². The van der Waals surface area contributed by atoms with Crippen molar-refractivity contribution in [2.24, 2.45) is 5.92 Å². The molecule has 0 saturated carbocycles. The average Bonchev–Trinajstić information content (AvgIpc) is 2.79. The highest BCUT2D eigenvalue weighted by atomic mass is 32.2. The Bertz CT molecular complexity index is 1030. The molecule has 1 saturated heterocycles. The number of fused-ring (bicyclic) bond motifs is 1. The third-order valence-corrected chi connectivity index (χ3v) is 8.20. The van der Waals surface area contributed by atoms with Crippen molar-refractivity contribution in [1.82, 2.24) is 4.31 Å². The molecule has 7 nitrogen and oxygen atoms in total. The van der Waals surface area contributed by atoms with Crippen LogP contribution < -0.4 is 14.8 Å². The number of nitrogens with one attached hydrogen (secondary N) is 1. The van der Waals surface area contributed by atoms with Crippen molar-refractivity contribution in [2.75, 3.05) is 37.9 Å². The molecule has 2 aromatic rings. The van der Waals surface area contributed by atoms with Gasteiger partial charge in [0, 0.05) is 35.7 Å². The number of rotatable bonds is 5. The summed E-state index contributed by atoms with van der Waals surface area (Å²) >= 11 is 1.41. The molecule has 2 aliphatic heterocycles. The lowest BCUT2D eigenvalue weighted by Gasteiger charge is -2.31. The van der Waals surface area contributed by atoms with Gasteiger partial charge in [0.05, 0.1) is 4.90 Å². The number of sulfonamides is 1. The van der Waals surface area contributed by atoms with Gasteiger partial charge >= 0.3 is 0 Å². The first kappa shape index (κ1) is 21.0. The van der Waals surface area contributed by atoms with E-state index >= 15 is 0 Å². The fraction of sp³-hybridized carbons (Fsp3) is 0.381. The van der Waals surface area contributed by atoms with E-state index in [2.05, 4.69) is 5.32 Å². The number of benzene rings is 2. The number of anilines is 1. The predicted octanol–water partition coefficient (Wildman–Crippen LogP) is 3.22. The van der Waals surface area contributed by atoms with E-state index in [0.717, 1.165) is 4.90 Å². The van der Waals surface area contributed by atoms with Crippen LogP contribution in [0.5, 0.6) is 11.5 Å². The zero-order chi connectivity index (χ0) is 21.1. The summed E-state index contributed by atoms with van der Waals surface area (Å²) in [6.45, 7) is 1.65. The van der Waals surface area contributed by atoms with Crippen LogP contribution in [0.2, 0.25) is 0 Å². The van der Waals surface area contributed by atoms with Gasteiger partial charge in [-0.1, -0.05) is 12.1 Å². The molecule has 30 heavy (non-hydrogen) atoms. The molecule has 2 aromatic carbocycles. The maximum atomic E-state index is 13.1. The summed E-state index contributed by atoms with van der Waals surface area (Å²) in [4.78, 5) is 13.8. The second-order valence-corrected chi connectivity index (χ2v) is 9.93. The minimum absolute atomic E-state index is 0.103. The first-order chi connectivity index (χ1) is 14.5. The Hall–Kier alpha value is -2.23. The molecule has 0 spiro atoms. The van der Waals surface area contributed by atoms with Gasteiger partial charge in [-0.3, -0.25) is 4.79 Å². The largest absolute Gasteiger partial charge is 0.486 e. The van der Waals surface area contributed by atoms with Crippen LogP contribution in [0.3, 0.4) is 0 Å². The van der Waals surface area contributed by atoms with Crippen molar-refractivity contribution in [3.63, 3.8) is 0 Å². The number of thioether (sulfide) groups is 1. The molecule has 0 aromatic heterocycles. The van der Waals surface area contributed by atoms with E-state index in [1.54, 1.807) is 30.3 Å². The summed E-state index contributed by atoms with van der Waals surface area (Å²) in [5.74, 6) is 0.949. The summed E-state index contributed by atoms with van der Waals surface area (Å²) in [6.07, 6.45) is 2.83. The zero-order valence-corrected chi connectivity index (χ0v) is 18.3. The lowest BCUT2D eigenvalue weighted by molar-refractivity contribution is -0.120. The third kappa shape index (κ3) is 4.28. The Balaban J connectivity index is 1.39. The second-order valence-electron chi connectivity index (χ2n) is 7.18. The Morgan fingerprint density at radius 1 is 1.07 bits per heavy atom. The van der Waals surface area contributed by atoms with Gasteiger partial charge < -0.3 is 14.8 Å². The van der Waals surface area contributed by atoms with Crippen LogP contribution >= 0.6 is 11.8 Å². The summed E-state index contributed by atoms with van der Waals surface area (Å²) in [5.41, 5.74) is 0.646. The second kappa shape index (κ2) is 8.87.